The second-order valence-corrected chi connectivity index (χ2v) is 6.96. The van der Waals surface area contributed by atoms with E-state index in [0.29, 0.717) is 16.0 Å². The van der Waals surface area contributed by atoms with Gasteiger partial charge in [-0.05, 0) is 43.2 Å². The zero-order valence-corrected chi connectivity index (χ0v) is 14.8. The third-order valence-electron chi connectivity index (χ3n) is 4.20. The molecule has 0 atom stereocenters. The van der Waals surface area contributed by atoms with E-state index in [0.717, 1.165) is 24.2 Å². The molecule has 25 heavy (non-hydrogen) atoms. The third-order valence-corrected chi connectivity index (χ3v) is 4.69. The molecule has 0 aliphatic heterocycles. The summed E-state index contributed by atoms with van der Waals surface area (Å²) in [6, 6.07) is 14.3. The van der Waals surface area contributed by atoms with Crippen LogP contribution in [0.25, 0.3) is 5.69 Å². The van der Waals surface area contributed by atoms with Crippen LogP contribution in [0.5, 0.6) is 0 Å². The molecule has 4 nitrogen and oxygen atoms in total. The molecule has 1 aromatic heterocycles. The maximum atomic E-state index is 14.0. The summed E-state index contributed by atoms with van der Waals surface area (Å²) in [6.45, 7) is 0. The lowest BCUT2D eigenvalue weighted by Gasteiger charge is -2.10. The molecule has 1 heterocycles. The van der Waals surface area contributed by atoms with Crippen LogP contribution in [0.15, 0.2) is 59.2 Å². The predicted molar refractivity (Wildman–Crippen MR) is 97.6 cm³/mol. The number of rotatable bonds is 4. The summed E-state index contributed by atoms with van der Waals surface area (Å²) in [5.41, 5.74) is 2.45. The lowest BCUT2D eigenvalue weighted by molar-refractivity contribution is 0.102. The summed E-state index contributed by atoms with van der Waals surface area (Å²) in [5, 5.41) is 7.05. The first-order valence-electron chi connectivity index (χ1n) is 8.03. The van der Waals surface area contributed by atoms with E-state index in [-0.39, 0.29) is 11.6 Å². The van der Waals surface area contributed by atoms with Crippen molar-refractivity contribution >= 4 is 27.5 Å². The van der Waals surface area contributed by atoms with E-state index in [1.165, 1.54) is 12.1 Å². The minimum absolute atomic E-state index is 0.155. The van der Waals surface area contributed by atoms with E-state index >= 15 is 0 Å². The summed E-state index contributed by atoms with van der Waals surface area (Å²) in [6.07, 6.45) is 3.63. The van der Waals surface area contributed by atoms with Gasteiger partial charge in [0.25, 0.3) is 5.91 Å². The van der Waals surface area contributed by atoms with E-state index in [1.54, 1.807) is 12.3 Å². The van der Waals surface area contributed by atoms with Gasteiger partial charge in [-0.2, -0.15) is 5.10 Å². The van der Waals surface area contributed by atoms with Gasteiger partial charge >= 0.3 is 0 Å². The zero-order chi connectivity index (χ0) is 17.4. The van der Waals surface area contributed by atoms with Gasteiger partial charge in [-0.3, -0.25) is 4.79 Å². The second kappa shape index (κ2) is 6.44. The van der Waals surface area contributed by atoms with Crippen LogP contribution in [-0.2, 0) is 0 Å². The summed E-state index contributed by atoms with van der Waals surface area (Å²) in [5.74, 6) is -0.505. The fourth-order valence-corrected chi connectivity index (χ4v) is 3.17. The highest BCUT2D eigenvalue weighted by Crippen LogP contribution is 2.42. The lowest BCUT2D eigenvalue weighted by Crippen LogP contribution is -2.15. The fourth-order valence-electron chi connectivity index (χ4n) is 2.84. The van der Waals surface area contributed by atoms with Crippen molar-refractivity contribution in [1.29, 1.82) is 0 Å². The number of carbonyl (C=O) groups excluding carboxylic acids is 1. The van der Waals surface area contributed by atoms with Crippen molar-refractivity contribution in [2.45, 2.75) is 18.8 Å². The molecule has 0 saturated heterocycles. The van der Waals surface area contributed by atoms with Gasteiger partial charge in [0.2, 0.25) is 0 Å². The van der Waals surface area contributed by atoms with Crippen LogP contribution in [-0.4, -0.2) is 15.7 Å². The number of nitrogens with one attached hydrogen (secondary N) is 1. The molecule has 0 bridgehead atoms. The monoisotopic (exact) mass is 399 g/mol. The zero-order valence-electron chi connectivity index (χ0n) is 13.2. The first-order chi connectivity index (χ1) is 12.1. The van der Waals surface area contributed by atoms with E-state index in [4.69, 9.17) is 0 Å². The maximum absolute atomic E-state index is 14.0. The SMILES string of the molecule is O=C(Nc1ccc(Br)cc1F)c1cnn(-c2ccccc2)c1C1CC1. The Morgan fingerprint density at radius 2 is 1.96 bits per heavy atom. The molecule has 0 radical (unpaired) electrons. The van der Waals surface area contributed by atoms with Crippen molar-refractivity contribution in [3.8, 4) is 5.69 Å². The molecule has 2 aromatic carbocycles. The van der Waals surface area contributed by atoms with Gasteiger partial charge < -0.3 is 5.32 Å². The predicted octanol–water partition coefficient (Wildman–Crippen LogP) is 4.90. The number of halogens is 2. The lowest BCUT2D eigenvalue weighted by atomic mass is 10.1. The van der Waals surface area contributed by atoms with Gasteiger partial charge in [-0.1, -0.05) is 34.1 Å². The first-order valence-corrected chi connectivity index (χ1v) is 8.82. The highest BCUT2D eigenvalue weighted by molar-refractivity contribution is 9.10. The Balaban J connectivity index is 1.68. The van der Waals surface area contributed by atoms with Gasteiger partial charge in [0.15, 0.2) is 0 Å². The van der Waals surface area contributed by atoms with Gasteiger partial charge in [-0.25, -0.2) is 9.07 Å². The Bertz CT molecular complexity index is 935. The summed E-state index contributed by atoms with van der Waals surface area (Å²) in [4.78, 5) is 12.7. The molecule has 1 fully saturated rings. The molecule has 0 unspecified atom stereocenters. The topological polar surface area (TPSA) is 46.9 Å². The molecule has 6 heteroatoms. The fraction of sp³-hybridized carbons (Fsp3) is 0.158. The van der Waals surface area contributed by atoms with E-state index < -0.39 is 5.82 Å². The van der Waals surface area contributed by atoms with E-state index in [1.807, 2.05) is 35.0 Å². The molecule has 1 amide bonds. The number of para-hydroxylation sites is 1. The van der Waals surface area contributed by atoms with Crippen molar-refractivity contribution in [1.82, 2.24) is 9.78 Å². The molecule has 3 aromatic rings. The van der Waals surface area contributed by atoms with Gasteiger partial charge in [0, 0.05) is 10.4 Å². The van der Waals surface area contributed by atoms with Crippen molar-refractivity contribution in [2.24, 2.45) is 0 Å². The van der Waals surface area contributed by atoms with Crippen LogP contribution < -0.4 is 5.32 Å². The largest absolute Gasteiger partial charge is 0.319 e. The molecule has 1 aliphatic rings. The number of anilines is 1. The number of nitrogens with zero attached hydrogens (tertiary/aromatic N) is 2. The number of hydrogen-bond acceptors (Lipinski definition) is 2. The van der Waals surface area contributed by atoms with E-state index in [9.17, 15) is 9.18 Å². The van der Waals surface area contributed by atoms with E-state index in [2.05, 4.69) is 26.3 Å². The Kier molecular flexibility index (Phi) is 4.13. The Hall–Kier alpha value is -2.47. The maximum Gasteiger partial charge on any atom is 0.259 e. The number of aromatic nitrogens is 2. The first kappa shape index (κ1) is 16.0. The highest BCUT2D eigenvalue weighted by Gasteiger charge is 2.33. The van der Waals surface area contributed by atoms with Crippen molar-refractivity contribution in [3.05, 3.63) is 76.3 Å². The minimum Gasteiger partial charge on any atom is -0.319 e. The molecular weight excluding hydrogens is 385 g/mol. The number of hydrogen-bond donors (Lipinski definition) is 1. The molecule has 1 saturated carbocycles. The van der Waals surface area contributed by atoms with Crippen LogP contribution in [0.3, 0.4) is 0 Å². The number of carbonyl (C=O) groups is 1. The standard InChI is InChI=1S/C19H15BrFN3O/c20-13-8-9-17(16(21)10-13)23-19(25)15-11-22-24(18(15)12-6-7-12)14-4-2-1-3-5-14/h1-5,8-12H,6-7H2,(H,23,25). The molecular formula is C19H15BrFN3O. The summed E-state index contributed by atoms with van der Waals surface area (Å²) >= 11 is 3.21. The van der Waals surface area contributed by atoms with Crippen molar-refractivity contribution in [3.63, 3.8) is 0 Å². The van der Waals surface area contributed by atoms with Crippen molar-refractivity contribution < 1.29 is 9.18 Å². The van der Waals surface area contributed by atoms with Crippen LogP contribution >= 0.6 is 15.9 Å². The van der Waals surface area contributed by atoms with Crippen LogP contribution in [0.1, 0.15) is 34.8 Å². The number of benzene rings is 2. The van der Waals surface area contributed by atoms with Crippen LogP contribution in [0.4, 0.5) is 10.1 Å². The molecule has 4 rings (SSSR count). The Labute approximate surface area is 152 Å². The van der Waals surface area contributed by atoms with Gasteiger partial charge in [-0.15, -0.1) is 0 Å². The van der Waals surface area contributed by atoms with Crippen molar-refractivity contribution in [2.75, 3.05) is 5.32 Å². The van der Waals surface area contributed by atoms with Crippen LogP contribution in [0.2, 0.25) is 0 Å². The Morgan fingerprint density at radius 3 is 2.64 bits per heavy atom. The molecule has 0 spiro atoms. The van der Waals surface area contributed by atoms with Crippen LogP contribution in [0, 0.1) is 5.82 Å². The normalized spacial score (nSPS) is 13.7. The minimum atomic E-state index is -0.480. The third kappa shape index (κ3) is 3.22. The average Bonchev–Trinajstić information content (AvgIpc) is 3.36. The molecule has 126 valence electrons. The smallest absolute Gasteiger partial charge is 0.259 e. The van der Waals surface area contributed by atoms with Gasteiger partial charge in [0.05, 0.1) is 28.8 Å². The second-order valence-electron chi connectivity index (χ2n) is 6.04. The summed E-state index contributed by atoms with van der Waals surface area (Å²) in [7, 11) is 0. The summed E-state index contributed by atoms with van der Waals surface area (Å²) < 4.78 is 16.4. The molecule has 1 N–H and O–H groups in total. The van der Waals surface area contributed by atoms with Gasteiger partial charge in [0.1, 0.15) is 5.82 Å². The number of amides is 1. The quantitative estimate of drug-likeness (QED) is 0.677. The molecule has 1 aliphatic carbocycles. The Morgan fingerprint density at radius 1 is 1.20 bits per heavy atom. The highest BCUT2D eigenvalue weighted by atomic mass is 79.9. The average molecular weight is 400 g/mol.